The van der Waals surface area contributed by atoms with Crippen molar-refractivity contribution < 1.29 is 47.8 Å². The molecule has 0 bridgehead atoms. The molecule has 0 aromatic heterocycles. The van der Waals surface area contributed by atoms with E-state index in [-0.39, 0.29) is 19.4 Å². The van der Waals surface area contributed by atoms with Gasteiger partial charge < -0.3 is 24.6 Å². The van der Waals surface area contributed by atoms with Crippen LogP contribution in [0.5, 0.6) is 0 Å². The van der Waals surface area contributed by atoms with Gasteiger partial charge in [0.05, 0.1) is 19.8 Å². The minimum atomic E-state index is -4.63. The van der Waals surface area contributed by atoms with Crippen molar-refractivity contribution in [2.24, 2.45) is 0 Å². The summed E-state index contributed by atoms with van der Waals surface area (Å²) in [5, 5.41) is 18.4. The maximum atomic E-state index is 12.6. The molecule has 11 heteroatoms. The molecule has 0 heterocycles. The number of carbonyl (C=O) groups excluding carboxylic acids is 2. The molecular weight excluding hydrogens is 767 g/mol. The first-order chi connectivity index (χ1) is 28.7. The van der Waals surface area contributed by atoms with Crippen LogP contribution in [0.1, 0.15) is 181 Å². The molecule has 3 atom stereocenters. The fourth-order valence-corrected chi connectivity index (χ4v) is 6.63. The SMILES string of the molecule is CC/C=C\C/C=C\C/C=C\C/C=C\C/C=C\CCCCCCCC(=O)OC[C@H](COP(=O)(O)OC[C@@H](O)CO)OC(=O)CCCCCCC/C=C\CCCCCCCC. The second kappa shape index (κ2) is 43.5. The van der Waals surface area contributed by atoms with Gasteiger partial charge in [-0.05, 0) is 83.5 Å². The highest BCUT2D eigenvalue weighted by Gasteiger charge is 2.27. The monoisotopic (exact) mass is 851 g/mol. The van der Waals surface area contributed by atoms with Crippen molar-refractivity contribution in [1.29, 1.82) is 0 Å². The molecule has 340 valence electrons. The van der Waals surface area contributed by atoms with Gasteiger partial charge in [0.2, 0.25) is 0 Å². The van der Waals surface area contributed by atoms with Crippen molar-refractivity contribution in [3.05, 3.63) is 72.9 Å². The lowest BCUT2D eigenvalue weighted by Gasteiger charge is -2.20. The van der Waals surface area contributed by atoms with Crippen molar-refractivity contribution in [2.45, 2.75) is 193 Å². The largest absolute Gasteiger partial charge is 0.472 e. The number of unbranched alkanes of at least 4 members (excludes halogenated alkanes) is 16. The summed E-state index contributed by atoms with van der Waals surface area (Å²) < 4.78 is 32.7. The predicted octanol–water partition coefficient (Wildman–Crippen LogP) is 12.4. The van der Waals surface area contributed by atoms with Crippen LogP contribution in [-0.4, -0.2) is 65.7 Å². The maximum absolute atomic E-state index is 12.6. The van der Waals surface area contributed by atoms with Gasteiger partial charge in [-0.15, -0.1) is 0 Å². The first-order valence-corrected chi connectivity index (χ1v) is 24.4. The van der Waals surface area contributed by atoms with Crippen LogP contribution in [0.15, 0.2) is 72.9 Å². The predicted molar refractivity (Wildman–Crippen MR) is 242 cm³/mol. The van der Waals surface area contributed by atoms with E-state index in [0.717, 1.165) is 103 Å². The first kappa shape index (κ1) is 56.4. The third-order valence-corrected chi connectivity index (χ3v) is 10.3. The summed E-state index contributed by atoms with van der Waals surface area (Å²) in [6, 6.07) is 0. The van der Waals surface area contributed by atoms with Crippen molar-refractivity contribution in [3.8, 4) is 0 Å². The Labute approximate surface area is 358 Å². The molecule has 0 spiro atoms. The Balaban J connectivity index is 4.31. The molecule has 1 unspecified atom stereocenters. The standard InChI is InChI=1S/C48H83O10P/c1-3-5-7-9-11-13-15-17-19-20-21-22-23-24-26-27-29-31-33-35-37-39-47(51)55-43-46(44-57-59(53,54)56-42-45(50)41-49)58-48(52)40-38-36-34-32-30-28-25-18-16-14-12-10-8-6-4-2/h5,7,11,13,17-19,21-22,24-26,45-46,49-50H,3-4,6,8-10,12,14-16,20,23,27-44H2,1-2H3,(H,53,54)/b7-5-,13-11-,19-17-,22-21-,25-18-,26-24-/t45-,46+/m0/s1. The van der Waals surface area contributed by atoms with Gasteiger partial charge in [-0.3, -0.25) is 18.6 Å². The zero-order valence-electron chi connectivity index (χ0n) is 36.9. The molecule has 0 aliphatic carbocycles. The summed E-state index contributed by atoms with van der Waals surface area (Å²) in [6.07, 6.45) is 50.0. The van der Waals surface area contributed by atoms with Gasteiger partial charge in [0.25, 0.3) is 0 Å². The topological polar surface area (TPSA) is 149 Å². The third-order valence-electron chi connectivity index (χ3n) is 9.34. The van der Waals surface area contributed by atoms with Crippen LogP contribution >= 0.6 is 7.82 Å². The number of esters is 2. The van der Waals surface area contributed by atoms with Gasteiger partial charge in [0, 0.05) is 12.8 Å². The Kier molecular flexibility index (Phi) is 41.6. The molecule has 0 radical (unpaired) electrons. The molecule has 0 saturated carbocycles. The van der Waals surface area contributed by atoms with Gasteiger partial charge in [-0.1, -0.05) is 157 Å². The number of allylic oxidation sites excluding steroid dienone is 12. The maximum Gasteiger partial charge on any atom is 0.472 e. The van der Waals surface area contributed by atoms with Crippen molar-refractivity contribution in [2.75, 3.05) is 26.4 Å². The molecule has 3 N–H and O–H groups in total. The number of ether oxygens (including phenoxy) is 2. The Bertz CT molecular complexity index is 1210. The highest BCUT2D eigenvalue weighted by molar-refractivity contribution is 7.47. The summed E-state index contributed by atoms with van der Waals surface area (Å²) in [7, 11) is -4.63. The van der Waals surface area contributed by atoms with Crippen molar-refractivity contribution in [1.82, 2.24) is 0 Å². The Hall–Kier alpha value is -2.59. The van der Waals surface area contributed by atoms with E-state index in [1.807, 2.05) is 0 Å². The lowest BCUT2D eigenvalue weighted by molar-refractivity contribution is -0.161. The lowest BCUT2D eigenvalue weighted by atomic mass is 10.1. The zero-order valence-corrected chi connectivity index (χ0v) is 37.8. The summed E-state index contributed by atoms with van der Waals surface area (Å²) in [4.78, 5) is 35.0. The average Bonchev–Trinajstić information content (AvgIpc) is 3.22. The van der Waals surface area contributed by atoms with Crippen LogP contribution in [0.2, 0.25) is 0 Å². The highest BCUT2D eigenvalue weighted by atomic mass is 31.2. The number of aliphatic hydroxyl groups excluding tert-OH is 2. The Morgan fingerprint density at radius 3 is 1.42 bits per heavy atom. The molecule has 0 aliphatic heterocycles. The number of phosphoric acid groups is 1. The van der Waals surface area contributed by atoms with Gasteiger partial charge in [0.15, 0.2) is 6.10 Å². The van der Waals surface area contributed by atoms with Crippen molar-refractivity contribution in [3.63, 3.8) is 0 Å². The third kappa shape index (κ3) is 43.3. The number of hydrogen-bond donors (Lipinski definition) is 3. The van der Waals surface area contributed by atoms with E-state index in [1.165, 1.54) is 38.5 Å². The molecule has 0 aromatic carbocycles. The second-order valence-electron chi connectivity index (χ2n) is 15.0. The van der Waals surface area contributed by atoms with Crippen LogP contribution in [-0.2, 0) is 32.7 Å². The fourth-order valence-electron chi connectivity index (χ4n) is 5.84. The molecule has 0 aromatic rings. The van der Waals surface area contributed by atoms with E-state index in [2.05, 4.69) is 86.8 Å². The van der Waals surface area contributed by atoms with Crippen LogP contribution in [0.3, 0.4) is 0 Å². The van der Waals surface area contributed by atoms with E-state index < -0.39 is 51.8 Å². The average molecular weight is 851 g/mol. The summed E-state index contributed by atoms with van der Waals surface area (Å²) in [5.74, 6) is -0.960. The van der Waals surface area contributed by atoms with E-state index in [4.69, 9.17) is 23.6 Å². The number of phosphoric ester groups is 1. The van der Waals surface area contributed by atoms with E-state index in [1.54, 1.807) is 0 Å². The van der Waals surface area contributed by atoms with Gasteiger partial charge in [0.1, 0.15) is 12.7 Å². The lowest BCUT2D eigenvalue weighted by Crippen LogP contribution is -2.29. The van der Waals surface area contributed by atoms with Crippen LogP contribution in [0, 0.1) is 0 Å². The van der Waals surface area contributed by atoms with E-state index >= 15 is 0 Å². The van der Waals surface area contributed by atoms with E-state index in [0.29, 0.717) is 12.8 Å². The van der Waals surface area contributed by atoms with Gasteiger partial charge in [-0.25, -0.2) is 4.57 Å². The smallest absolute Gasteiger partial charge is 0.462 e. The number of rotatable bonds is 42. The second-order valence-corrected chi connectivity index (χ2v) is 16.5. The Morgan fingerprint density at radius 2 is 0.932 bits per heavy atom. The minimum absolute atomic E-state index is 0.166. The first-order valence-electron chi connectivity index (χ1n) is 22.9. The minimum Gasteiger partial charge on any atom is -0.462 e. The molecule has 0 fully saturated rings. The summed E-state index contributed by atoms with van der Waals surface area (Å²) in [5.41, 5.74) is 0. The Morgan fingerprint density at radius 1 is 0.525 bits per heavy atom. The van der Waals surface area contributed by atoms with Gasteiger partial charge in [-0.2, -0.15) is 0 Å². The number of aliphatic hydroxyl groups is 2. The summed E-state index contributed by atoms with van der Waals surface area (Å²) in [6.45, 7) is 2.22. The molecular formula is C48H83O10P. The number of hydrogen-bond acceptors (Lipinski definition) is 9. The highest BCUT2D eigenvalue weighted by Crippen LogP contribution is 2.43. The normalized spacial score (nSPS) is 14.5. The summed E-state index contributed by atoms with van der Waals surface area (Å²) >= 11 is 0. The van der Waals surface area contributed by atoms with Crippen molar-refractivity contribution >= 4 is 19.8 Å². The van der Waals surface area contributed by atoms with Crippen LogP contribution in [0.4, 0.5) is 0 Å². The molecule has 0 saturated heterocycles. The molecule has 59 heavy (non-hydrogen) atoms. The molecule has 0 amide bonds. The zero-order chi connectivity index (χ0) is 43.3. The number of carbonyl (C=O) groups is 2. The van der Waals surface area contributed by atoms with Crippen LogP contribution < -0.4 is 0 Å². The molecule has 0 rings (SSSR count). The quantitative estimate of drug-likeness (QED) is 0.0234. The fraction of sp³-hybridized carbons (Fsp3) is 0.708. The molecule has 10 nitrogen and oxygen atoms in total. The van der Waals surface area contributed by atoms with E-state index in [9.17, 15) is 24.2 Å². The van der Waals surface area contributed by atoms with Crippen LogP contribution in [0.25, 0.3) is 0 Å². The van der Waals surface area contributed by atoms with Gasteiger partial charge >= 0.3 is 19.8 Å². The molecule has 0 aliphatic rings.